The van der Waals surface area contributed by atoms with Crippen LogP contribution in [0.3, 0.4) is 0 Å². The zero-order valence-corrected chi connectivity index (χ0v) is 32.8. The van der Waals surface area contributed by atoms with Crippen LogP contribution in [0.1, 0.15) is 47.6 Å². The Morgan fingerprint density at radius 2 is 1.19 bits per heavy atom. The molecule has 0 fully saturated rings. The Balaban J connectivity index is 1.14. The highest BCUT2D eigenvalue weighted by molar-refractivity contribution is 6.22. The predicted molar refractivity (Wildman–Crippen MR) is 248 cm³/mol. The Bertz CT molecular complexity index is 3330. The van der Waals surface area contributed by atoms with Gasteiger partial charge in [-0.2, -0.15) is 0 Å². The van der Waals surface area contributed by atoms with Gasteiger partial charge in [0.05, 0.1) is 22.1 Å². The first-order valence-electron chi connectivity index (χ1n) is 20.1. The maximum atomic E-state index is 4.95. The second-order valence-corrected chi connectivity index (χ2v) is 16.3. The van der Waals surface area contributed by atoms with Crippen LogP contribution in [0.15, 0.2) is 195 Å². The topological polar surface area (TPSA) is 9.86 Å². The molecule has 0 radical (unpaired) electrons. The molecule has 276 valence electrons. The van der Waals surface area contributed by atoms with Crippen molar-refractivity contribution in [2.75, 3.05) is 0 Å². The second kappa shape index (κ2) is 12.7. The van der Waals surface area contributed by atoms with Crippen molar-refractivity contribution in [1.82, 2.24) is 9.13 Å². The van der Waals surface area contributed by atoms with E-state index in [9.17, 15) is 0 Å². The van der Waals surface area contributed by atoms with E-state index >= 15 is 0 Å². The molecule has 0 aliphatic heterocycles. The van der Waals surface area contributed by atoms with Gasteiger partial charge in [0.15, 0.2) is 0 Å². The molecular formula is C56H42N2. The summed E-state index contributed by atoms with van der Waals surface area (Å²) in [5, 5.41) is 7.32. The summed E-state index contributed by atoms with van der Waals surface area (Å²) in [7, 11) is 0. The molecule has 2 heterocycles. The van der Waals surface area contributed by atoms with Gasteiger partial charge in [0, 0.05) is 44.3 Å². The molecule has 1 aliphatic rings. The van der Waals surface area contributed by atoms with E-state index < -0.39 is 0 Å². The summed E-state index contributed by atoms with van der Waals surface area (Å²) in [6.45, 7) is 18.8. The van der Waals surface area contributed by atoms with Gasteiger partial charge >= 0.3 is 0 Å². The molecule has 0 amide bonds. The third-order valence-corrected chi connectivity index (χ3v) is 12.9. The molecule has 10 aromatic rings. The fourth-order valence-corrected chi connectivity index (χ4v) is 10.2. The summed E-state index contributed by atoms with van der Waals surface area (Å²) in [5.41, 5.74) is 16.2. The van der Waals surface area contributed by atoms with Crippen LogP contribution in [-0.2, 0) is 5.41 Å². The standard InChI is InChI=1S/C56H42N2/c1-6-37-17-7-9-19-41(37)54(39-27-30-49-46(33-39)43-21-11-14-24-48(43)56(49,4)5)35(2)36(3)57-52-32-29-40(34-47(52)55-42-20-10-8-18-38(42)28-31-53(55)57)58-50-25-15-12-22-44(50)45-23-13-16-26-51(45)58/h6-34,54H,1-3H2,4-5H3. The van der Waals surface area contributed by atoms with Crippen LogP contribution in [-0.4, -0.2) is 9.13 Å². The third kappa shape index (κ3) is 4.79. The number of hydrogen-bond donors (Lipinski definition) is 0. The molecule has 2 heteroatoms. The Morgan fingerprint density at radius 1 is 0.552 bits per heavy atom. The van der Waals surface area contributed by atoms with Crippen molar-refractivity contribution in [3.63, 3.8) is 0 Å². The summed E-state index contributed by atoms with van der Waals surface area (Å²) in [4.78, 5) is 0. The highest BCUT2D eigenvalue weighted by atomic mass is 15.0. The van der Waals surface area contributed by atoms with Crippen molar-refractivity contribution < 1.29 is 0 Å². The molecule has 11 rings (SSSR count). The van der Waals surface area contributed by atoms with Crippen LogP contribution in [0.25, 0.3) is 83.0 Å². The van der Waals surface area contributed by atoms with Gasteiger partial charge in [0.2, 0.25) is 0 Å². The van der Waals surface area contributed by atoms with Crippen molar-refractivity contribution in [3.8, 4) is 16.8 Å². The van der Waals surface area contributed by atoms with E-state index in [1.807, 2.05) is 6.08 Å². The second-order valence-electron chi connectivity index (χ2n) is 16.3. The number of fused-ring (bicyclic) bond motifs is 11. The molecule has 0 saturated heterocycles. The SMILES string of the molecule is C=Cc1ccccc1C(C(=C)C(=C)n1c2ccc(-n3c4ccccc4c4ccccc43)cc2c2c3ccccc3ccc21)c1ccc2c(c1)-c1ccccc1C2(C)C. The fourth-order valence-electron chi connectivity index (χ4n) is 10.2. The number of allylic oxidation sites excluding steroid dienone is 2. The summed E-state index contributed by atoms with van der Waals surface area (Å²) in [6.07, 6.45) is 1.97. The van der Waals surface area contributed by atoms with E-state index in [1.165, 1.54) is 71.2 Å². The zero-order valence-electron chi connectivity index (χ0n) is 32.8. The predicted octanol–water partition coefficient (Wildman–Crippen LogP) is 14.9. The normalized spacial score (nSPS) is 13.6. The van der Waals surface area contributed by atoms with E-state index in [0.717, 1.165) is 39.1 Å². The first-order valence-corrected chi connectivity index (χ1v) is 20.1. The lowest BCUT2D eigenvalue weighted by Crippen LogP contribution is -2.15. The number of rotatable bonds is 7. The highest BCUT2D eigenvalue weighted by Crippen LogP contribution is 2.51. The monoisotopic (exact) mass is 742 g/mol. The smallest absolute Gasteiger partial charge is 0.0547 e. The minimum Gasteiger partial charge on any atom is -0.310 e. The molecular weight excluding hydrogens is 701 g/mol. The lowest BCUT2D eigenvalue weighted by molar-refractivity contribution is 0.660. The van der Waals surface area contributed by atoms with Crippen LogP contribution in [0.5, 0.6) is 0 Å². The molecule has 1 aliphatic carbocycles. The molecule has 0 N–H and O–H groups in total. The minimum absolute atomic E-state index is 0.0800. The van der Waals surface area contributed by atoms with Gasteiger partial charge in [-0.15, -0.1) is 0 Å². The number of benzene rings is 8. The fraction of sp³-hybridized carbons (Fsp3) is 0.0714. The minimum atomic E-state index is -0.173. The number of hydrogen-bond acceptors (Lipinski definition) is 0. The first-order chi connectivity index (χ1) is 28.3. The molecule has 8 aromatic carbocycles. The highest BCUT2D eigenvalue weighted by Gasteiger charge is 2.36. The van der Waals surface area contributed by atoms with Crippen LogP contribution in [0.2, 0.25) is 0 Å². The van der Waals surface area contributed by atoms with Gasteiger partial charge in [0.1, 0.15) is 0 Å². The van der Waals surface area contributed by atoms with Crippen molar-refractivity contribution in [1.29, 1.82) is 0 Å². The molecule has 0 spiro atoms. The van der Waals surface area contributed by atoms with E-state index in [1.54, 1.807) is 0 Å². The number of aromatic nitrogens is 2. The van der Waals surface area contributed by atoms with Crippen molar-refractivity contribution in [2.45, 2.75) is 25.2 Å². The third-order valence-electron chi connectivity index (χ3n) is 12.9. The number of nitrogens with zero attached hydrogens (tertiary/aromatic N) is 2. The molecule has 0 saturated carbocycles. The van der Waals surface area contributed by atoms with Gasteiger partial charge in [-0.25, -0.2) is 0 Å². The molecule has 58 heavy (non-hydrogen) atoms. The molecule has 1 unspecified atom stereocenters. The Labute approximate surface area is 338 Å². The molecule has 0 bridgehead atoms. The van der Waals surface area contributed by atoms with Crippen LogP contribution in [0.4, 0.5) is 0 Å². The first kappa shape index (κ1) is 34.1. The molecule has 1 atom stereocenters. The Hall–Kier alpha value is -7.16. The van der Waals surface area contributed by atoms with Crippen LogP contribution < -0.4 is 0 Å². The average Bonchev–Trinajstić information content (AvgIpc) is 3.86. The van der Waals surface area contributed by atoms with E-state index in [0.29, 0.717) is 0 Å². The van der Waals surface area contributed by atoms with Crippen molar-refractivity contribution >= 4 is 66.2 Å². The summed E-state index contributed by atoms with van der Waals surface area (Å²) in [5.74, 6) is -0.173. The van der Waals surface area contributed by atoms with Gasteiger partial charge in [-0.3, -0.25) is 0 Å². The largest absolute Gasteiger partial charge is 0.310 e. The van der Waals surface area contributed by atoms with E-state index in [4.69, 9.17) is 13.2 Å². The van der Waals surface area contributed by atoms with Crippen molar-refractivity contribution in [2.24, 2.45) is 0 Å². The average molecular weight is 743 g/mol. The quantitative estimate of drug-likeness (QED) is 0.144. The Morgan fingerprint density at radius 3 is 1.97 bits per heavy atom. The maximum absolute atomic E-state index is 4.95. The summed E-state index contributed by atoms with van der Waals surface area (Å²) < 4.78 is 4.76. The van der Waals surface area contributed by atoms with E-state index in [2.05, 4.69) is 199 Å². The van der Waals surface area contributed by atoms with Crippen LogP contribution in [0, 0.1) is 0 Å². The zero-order chi connectivity index (χ0) is 39.3. The van der Waals surface area contributed by atoms with E-state index in [-0.39, 0.29) is 11.3 Å². The van der Waals surface area contributed by atoms with Crippen LogP contribution >= 0.6 is 0 Å². The summed E-state index contributed by atoms with van der Waals surface area (Å²) in [6, 6.07) is 62.1. The van der Waals surface area contributed by atoms with Gasteiger partial charge in [0.25, 0.3) is 0 Å². The molecule has 2 aromatic heterocycles. The lowest BCUT2D eigenvalue weighted by atomic mass is 9.79. The van der Waals surface area contributed by atoms with Crippen molar-refractivity contribution in [3.05, 3.63) is 223 Å². The Kier molecular flexibility index (Phi) is 7.46. The van der Waals surface area contributed by atoms with Gasteiger partial charge < -0.3 is 9.13 Å². The molecule has 2 nitrogen and oxygen atoms in total. The van der Waals surface area contributed by atoms with Gasteiger partial charge in [-0.05, 0) is 97.8 Å². The van der Waals surface area contributed by atoms with Gasteiger partial charge in [-0.1, -0.05) is 167 Å². The maximum Gasteiger partial charge on any atom is 0.0547 e. The summed E-state index contributed by atoms with van der Waals surface area (Å²) >= 11 is 0. The number of para-hydroxylation sites is 2. The lowest BCUT2D eigenvalue weighted by Gasteiger charge is -2.27.